The number of carbonyl (C=O) groups is 2. The molecule has 0 aliphatic carbocycles. The van der Waals surface area contributed by atoms with Gasteiger partial charge in [0.05, 0.1) is 12.0 Å². The fourth-order valence-corrected chi connectivity index (χ4v) is 1.14. The second-order valence-electron chi connectivity index (χ2n) is 5.15. The summed E-state index contributed by atoms with van der Waals surface area (Å²) in [5, 5.41) is 13.0. The van der Waals surface area contributed by atoms with E-state index >= 15 is 0 Å². The monoisotopic (exact) mass is 363 g/mol. The molecule has 0 aliphatic rings. The molecule has 0 heterocycles. The van der Waals surface area contributed by atoms with Gasteiger partial charge in [0, 0.05) is 0 Å². The molecule has 0 bridgehead atoms. The molecule has 0 aliphatic heterocycles. The first-order chi connectivity index (χ1) is 7.11. The number of aliphatic carboxylic acids is 1. The van der Waals surface area contributed by atoms with E-state index in [1.54, 1.807) is 20.8 Å². The van der Waals surface area contributed by atoms with Gasteiger partial charge in [-0.1, -0.05) is 13.8 Å². The number of carboxylic acid groups (broad SMARTS) is 1. The van der Waals surface area contributed by atoms with Crippen LogP contribution in [0.4, 0.5) is 4.79 Å². The van der Waals surface area contributed by atoms with E-state index in [4.69, 9.17) is 4.74 Å². The number of amides is 1. The standard InChI is InChI=1S/C11H21NO4.Cs/c1-7(2)6-8(9(13)14)12-10(15)16-11(3,4)5;/h7-8H,6H2,1-5H3,(H,12,15)(H,13,14);/q;+1/p-1/t8-;/m0./s1. The van der Waals surface area contributed by atoms with Crippen LogP contribution in [-0.2, 0) is 9.53 Å². The molecule has 1 N–H and O–H groups in total. The van der Waals surface area contributed by atoms with E-state index in [0.29, 0.717) is 6.42 Å². The second-order valence-corrected chi connectivity index (χ2v) is 5.15. The summed E-state index contributed by atoms with van der Waals surface area (Å²) in [7, 11) is 0. The number of ether oxygens (including phenoxy) is 1. The van der Waals surface area contributed by atoms with Crippen molar-refractivity contribution in [1.29, 1.82) is 0 Å². The van der Waals surface area contributed by atoms with Crippen LogP contribution in [0.5, 0.6) is 0 Å². The van der Waals surface area contributed by atoms with Gasteiger partial charge in [-0.25, -0.2) is 4.79 Å². The summed E-state index contributed by atoms with van der Waals surface area (Å²) in [6.07, 6.45) is -0.413. The first kappa shape index (κ1) is 20.1. The molecule has 0 saturated heterocycles. The van der Waals surface area contributed by atoms with E-state index in [-0.39, 0.29) is 74.8 Å². The topological polar surface area (TPSA) is 78.5 Å². The predicted molar refractivity (Wildman–Crippen MR) is 57.6 cm³/mol. The van der Waals surface area contributed by atoms with E-state index in [1.807, 2.05) is 13.8 Å². The zero-order valence-corrected chi connectivity index (χ0v) is 17.8. The molecule has 0 rings (SSSR count). The third-order valence-corrected chi connectivity index (χ3v) is 1.68. The van der Waals surface area contributed by atoms with E-state index in [2.05, 4.69) is 5.32 Å². The molecule has 0 spiro atoms. The summed E-state index contributed by atoms with van der Waals surface area (Å²) in [5.74, 6) is -1.14. The summed E-state index contributed by atoms with van der Waals surface area (Å²) < 4.78 is 4.96. The number of alkyl carbamates (subject to hydrolysis) is 1. The van der Waals surface area contributed by atoms with Crippen LogP contribution < -0.4 is 79.3 Å². The summed E-state index contributed by atoms with van der Waals surface area (Å²) in [5.41, 5.74) is -0.640. The Morgan fingerprint density at radius 3 is 2.06 bits per heavy atom. The van der Waals surface area contributed by atoms with Crippen molar-refractivity contribution in [3.8, 4) is 0 Å². The van der Waals surface area contributed by atoms with Crippen molar-refractivity contribution < 1.29 is 88.3 Å². The van der Waals surface area contributed by atoms with Gasteiger partial charge >= 0.3 is 75.0 Å². The van der Waals surface area contributed by atoms with Crippen molar-refractivity contribution >= 4 is 12.1 Å². The number of carbonyl (C=O) groups excluding carboxylic acids is 2. The van der Waals surface area contributed by atoms with E-state index in [9.17, 15) is 14.7 Å². The molecule has 0 aromatic heterocycles. The molecule has 1 atom stereocenters. The molecule has 0 aromatic carbocycles. The summed E-state index contributed by atoms with van der Waals surface area (Å²) in [4.78, 5) is 22.1. The zero-order valence-electron chi connectivity index (χ0n) is 11.5. The van der Waals surface area contributed by atoms with Crippen LogP contribution in [-0.4, -0.2) is 23.7 Å². The van der Waals surface area contributed by atoms with Gasteiger partial charge in [0.1, 0.15) is 5.60 Å². The van der Waals surface area contributed by atoms with Crippen LogP contribution in [0.3, 0.4) is 0 Å². The fraction of sp³-hybridized carbons (Fsp3) is 0.818. The van der Waals surface area contributed by atoms with Crippen LogP contribution in [0.15, 0.2) is 0 Å². The molecule has 17 heavy (non-hydrogen) atoms. The van der Waals surface area contributed by atoms with Crippen molar-refractivity contribution in [2.24, 2.45) is 5.92 Å². The average Bonchev–Trinajstić information content (AvgIpc) is 1.97. The molecule has 94 valence electrons. The van der Waals surface area contributed by atoms with Gasteiger partial charge in [-0.2, -0.15) is 0 Å². The third-order valence-electron chi connectivity index (χ3n) is 1.68. The molecular weight excluding hydrogens is 343 g/mol. The number of carboxylic acids is 1. The number of hydrogen-bond acceptors (Lipinski definition) is 4. The van der Waals surface area contributed by atoms with Gasteiger partial charge in [-0.3, -0.25) is 0 Å². The molecule has 5 nitrogen and oxygen atoms in total. The van der Waals surface area contributed by atoms with Gasteiger partial charge in [0.25, 0.3) is 0 Å². The van der Waals surface area contributed by atoms with E-state index in [0.717, 1.165) is 0 Å². The van der Waals surface area contributed by atoms with Crippen molar-refractivity contribution in [1.82, 2.24) is 5.32 Å². The number of nitrogens with one attached hydrogen (secondary N) is 1. The normalized spacial score (nSPS) is 12.6. The predicted octanol–water partition coefficient (Wildman–Crippen LogP) is -2.32. The van der Waals surface area contributed by atoms with Gasteiger partial charge in [-0.05, 0) is 33.1 Å². The minimum atomic E-state index is -1.29. The molecule has 0 fully saturated rings. The largest absolute Gasteiger partial charge is 1.00 e. The summed E-state index contributed by atoms with van der Waals surface area (Å²) in [6.45, 7) is 8.87. The van der Waals surface area contributed by atoms with Crippen molar-refractivity contribution in [2.45, 2.75) is 52.7 Å². The van der Waals surface area contributed by atoms with Gasteiger partial charge in [0.2, 0.25) is 0 Å². The Labute approximate surface area is 161 Å². The first-order valence-corrected chi connectivity index (χ1v) is 5.32. The fourth-order valence-electron chi connectivity index (χ4n) is 1.14. The number of hydrogen-bond donors (Lipinski definition) is 1. The zero-order chi connectivity index (χ0) is 12.9. The van der Waals surface area contributed by atoms with Crippen LogP contribution in [0, 0.1) is 5.92 Å². The average molecular weight is 363 g/mol. The Bertz CT molecular complexity index is 261. The van der Waals surface area contributed by atoms with Crippen LogP contribution >= 0.6 is 0 Å². The molecular formula is C11H20CsNO4. The Kier molecular flexibility index (Phi) is 10.4. The Morgan fingerprint density at radius 2 is 1.76 bits per heavy atom. The van der Waals surface area contributed by atoms with Gasteiger partial charge in [0.15, 0.2) is 0 Å². The Balaban J connectivity index is 0. The third kappa shape index (κ3) is 11.6. The molecule has 0 unspecified atom stereocenters. The van der Waals surface area contributed by atoms with Crippen LogP contribution in [0.1, 0.15) is 41.0 Å². The van der Waals surface area contributed by atoms with Crippen molar-refractivity contribution in [3.63, 3.8) is 0 Å². The second kappa shape index (κ2) is 8.82. The summed E-state index contributed by atoms with van der Waals surface area (Å²) in [6, 6.07) is -1.00. The number of rotatable bonds is 4. The van der Waals surface area contributed by atoms with Gasteiger partial charge in [-0.15, -0.1) is 0 Å². The van der Waals surface area contributed by atoms with Gasteiger partial charge < -0.3 is 20.0 Å². The SMILES string of the molecule is CC(C)C[C@H](NC(=O)OC(C)(C)C)C(=O)[O-].[Cs+]. The van der Waals surface area contributed by atoms with Crippen LogP contribution in [0.25, 0.3) is 0 Å². The summed E-state index contributed by atoms with van der Waals surface area (Å²) >= 11 is 0. The van der Waals surface area contributed by atoms with E-state index in [1.165, 1.54) is 0 Å². The quantitative estimate of drug-likeness (QED) is 0.609. The molecule has 0 saturated carbocycles. The Morgan fingerprint density at radius 1 is 1.29 bits per heavy atom. The minimum Gasteiger partial charge on any atom is -0.548 e. The maximum atomic E-state index is 11.3. The minimum absolute atomic E-state index is 0. The molecule has 6 heteroatoms. The maximum Gasteiger partial charge on any atom is 1.00 e. The first-order valence-electron chi connectivity index (χ1n) is 5.32. The van der Waals surface area contributed by atoms with Crippen molar-refractivity contribution in [2.75, 3.05) is 0 Å². The maximum absolute atomic E-state index is 11.3. The van der Waals surface area contributed by atoms with Crippen molar-refractivity contribution in [3.05, 3.63) is 0 Å². The molecule has 0 aromatic rings. The molecule has 1 amide bonds. The Hall–Kier alpha value is 0.792. The molecule has 0 radical (unpaired) electrons. The van der Waals surface area contributed by atoms with Crippen LogP contribution in [0.2, 0.25) is 0 Å². The smallest absolute Gasteiger partial charge is 0.548 e. The van der Waals surface area contributed by atoms with E-state index < -0.39 is 23.7 Å².